The van der Waals surface area contributed by atoms with Crippen molar-refractivity contribution in [3.63, 3.8) is 0 Å². The van der Waals surface area contributed by atoms with E-state index in [1.54, 1.807) is 16.4 Å². The van der Waals surface area contributed by atoms with Crippen molar-refractivity contribution in [3.8, 4) is 0 Å². The molecule has 1 aromatic heterocycles. The summed E-state index contributed by atoms with van der Waals surface area (Å²) in [5, 5.41) is 12.6. The lowest BCUT2D eigenvalue weighted by molar-refractivity contribution is 0.524. The Hall–Kier alpha value is -1.40. The molecule has 0 bridgehead atoms. The average molecular weight is 277 g/mol. The minimum atomic E-state index is -0.0390. The predicted octanol–water partition coefficient (Wildman–Crippen LogP) is 2.03. The second-order valence-corrected chi connectivity index (χ2v) is 5.99. The van der Waals surface area contributed by atoms with Crippen LogP contribution >= 0.6 is 11.8 Å². The minimum absolute atomic E-state index is 0.0390. The lowest BCUT2D eigenvalue weighted by Gasteiger charge is -2.26. The summed E-state index contributed by atoms with van der Waals surface area (Å²) in [6.07, 6.45) is 0. The summed E-state index contributed by atoms with van der Waals surface area (Å²) in [6.45, 7) is 4.34. The molecule has 0 aliphatic carbocycles. The maximum Gasteiger partial charge on any atom is 0.209 e. The Bertz CT molecular complexity index is 511. The highest BCUT2D eigenvalue weighted by Gasteiger charge is 2.25. The molecule has 0 radical (unpaired) electrons. The predicted molar refractivity (Wildman–Crippen MR) is 76.7 cm³/mol. The van der Waals surface area contributed by atoms with Gasteiger partial charge in [-0.3, -0.25) is 0 Å². The van der Waals surface area contributed by atoms with Gasteiger partial charge in [0.1, 0.15) is 0 Å². The largest absolute Gasteiger partial charge is 0.323 e. The molecule has 0 aliphatic heterocycles. The maximum absolute atomic E-state index is 6.41. The van der Waals surface area contributed by atoms with Crippen LogP contribution in [0.2, 0.25) is 0 Å². The van der Waals surface area contributed by atoms with Gasteiger partial charge in [-0.2, -0.15) is 0 Å². The molecule has 6 heteroatoms. The van der Waals surface area contributed by atoms with Gasteiger partial charge < -0.3 is 5.73 Å². The molecular formula is C13H19N5S. The molecule has 1 aromatic carbocycles. The van der Waals surface area contributed by atoms with E-state index in [1.807, 2.05) is 25.2 Å². The van der Waals surface area contributed by atoms with E-state index in [9.17, 15) is 0 Å². The van der Waals surface area contributed by atoms with Crippen LogP contribution in [-0.4, -0.2) is 25.5 Å². The van der Waals surface area contributed by atoms with E-state index >= 15 is 0 Å². The van der Waals surface area contributed by atoms with Gasteiger partial charge in [0.2, 0.25) is 5.16 Å². The Balaban J connectivity index is 2.19. The van der Waals surface area contributed by atoms with E-state index in [0.717, 1.165) is 10.7 Å². The molecule has 0 aliphatic rings. The van der Waals surface area contributed by atoms with Gasteiger partial charge in [0, 0.05) is 18.3 Å². The van der Waals surface area contributed by atoms with Crippen LogP contribution in [-0.2, 0) is 7.05 Å². The molecule has 0 saturated heterocycles. The molecule has 102 valence electrons. The molecule has 19 heavy (non-hydrogen) atoms. The van der Waals surface area contributed by atoms with E-state index in [-0.39, 0.29) is 11.3 Å². The highest BCUT2D eigenvalue weighted by atomic mass is 32.2. The summed E-state index contributed by atoms with van der Waals surface area (Å²) in [7, 11) is 1.84. The molecule has 0 fully saturated rings. The molecular weight excluding hydrogens is 258 g/mol. The fourth-order valence-electron chi connectivity index (χ4n) is 1.93. The Morgan fingerprint density at radius 2 is 1.89 bits per heavy atom. The molecule has 1 heterocycles. The zero-order valence-electron chi connectivity index (χ0n) is 11.4. The number of nitrogens with zero attached hydrogens (tertiary/aromatic N) is 4. The van der Waals surface area contributed by atoms with E-state index in [2.05, 4.69) is 41.5 Å². The molecule has 0 amide bonds. The molecule has 2 rings (SSSR count). The lowest BCUT2D eigenvalue weighted by Crippen LogP contribution is -2.28. The maximum atomic E-state index is 6.41. The van der Waals surface area contributed by atoms with Crippen molar-refractivity contribution >= 4 is 11.8 Å². The summed E-state index contributed by atoms with van der Waals surface area (Å²) in [4.78, 5) is 0. The van der Waals surface area contributed by atoms with Gasteiger partial charge in [-0.05, 0) is 21.9 Å². The third-order valence-corrected chi connectivity index (χ3v) is 4.68. The van der Waals surface area contributed by atoms with Crippen LogP contribution in [0.4, 0.5) is 0 Å². The normalized spacial score (nSPS) is 14.6. The number of tetrazole rings is 1. The average Bonchev–Trinajstić information content (AvgIpc) is 2.81. The number of hydrogen-bond acceptors (Lipinski definition) is 5. The summed E-state index contributed by atoms with van der Waals surface area (Å²) in [5.74, 6) is 0.428. The van der Waals surface area contributed by atoms with E-state index in [1.165, 1.54) is 0 Å². The number of aromatic nitrogens is 4. The third kappa shape index (κ3) is 3.33. The number of hydrogen-bond donors (Lipinski definition) is 1. The second-order valence-electron chi connectivity index (χ2n) is 4.85. The van der Waals surface area contributed by atoms with E-state index in [4.69, 9.17) is 5.73 Å². The number of benzene rings is 1. The topological polar surface area (TPSA) is 69.6 Å². The first-order chi connectivity index (χ1) is 9.09. The third-order valence-electron chi connectivity index (χ3n) is 3.02. The molecule has 2 aromatic rings. The fourth-order valence-corrected chi connectivity index (χ4v) is 3.02. The number of aryl methyl sites for hydroxylation is 1. The number of thioether (sulfide) groups is 1. The first kappa shape index (κ1) is 14.0. The number of rotatable bonds is 5. The Morgan fingerprint density at radius 3 is 2.42 bits per heavy atom. The minimum Gasteiger partial charge on any atom is -0.323 e. The highest BCUT2D eigenvalue weighted by Crippen LogP contribution is 2.34. The highest BCUT2D eigenvalue weighted by molar-refractivity contribution is 7.99. The molecule has 0 spiro atoms. The monoisotopic (exact) mass is 277 g/mol. The van der Waals surface area contributed by atoms with Crippen LogP contribution in [0.1, 0.15) is 25.5 Å². The van der Waals surface area contributed by atoms with Crippen LogP contribution in [0, 0.1) is 5.92 Å². The zero-order valence-corrected chi connectivity index (χ0v) is 12.2. The Labute approximate surface area is 117 Å². The quantitative estimate of drug-likeness (QED) is 0.847. The number of nitrogens with two attached hydrogens (primary N) is 1. The van der Waals surface area contributed by atoms with Crippen LogP contribution in [0.5, 0.6) is 0 Å². The summed E-state index contributed by atoms with van der Waals surface area (Å²) in [5.41, 5.74) is 7.55. The van der Waals surface area contributed by atoms with Gasteiger partial charge in [0.15, 0.2) is 0 Å². The van der Waals surface area contributed by atoms with Crippen molar-refractivity contribution < 1.29 is 0 Å². The van der Waals surface area contributed by atoms with Gasteiger partial charge in [0.05, 0.1) is 0 Å². The van der Waals surface area contributed by atoms with Crippen molar-refractivity contribution in [2.45, 2.75) is 30.3 Å². The molecule has 0 saturated carbocycles. The van der Waals surface area contributed by atoms with Gasteiger partial charge in [-0.1, -0.05) is 55.9 Å². The van der Waals surface area contributed by atoms with Crippen LogP contribution in [0.3, 0.4) is 0 Å². The summed E-state index contributed by atoms with van der Waals surface area (Å²) >= 11 is 1.63. The molecule has 2 atom stereocenters. The van der Waals surface area contributed by atoms with Gasteiger partial charge in [0.25, 0.3) is 0 Å². The van der Waals surface area contributed by atoms with Crippen molar-refractivity contribution in [1.29, 1.82) is 0 Å². The first-order valence-corrected chi connectivity index (χ1v) is 7.17. The van der Waals surface area contributed by atoms with Crippen molar-refractivity contribution in [2.75, 3.05) is 0 Å². The van der Waals surface area contributed by atoms with Gasteiger partial charge >= 0.3 is 0 Å². The Morgan fingerprint density at radius 1 is 1.21 bits per heavy atom. The lowest BCUT2D eigenvalue weighted by atomic mass is 9.97. The van der Waals surface area contributed by atoms with Crippen molar-refractivity contribution in [3.05, 3.63) is 35.9 Å². The van der Waals surface area contributed by atoms with Crippen LogP contribution in [0.25, 0.3) is 0 Å². The molecule has 2 N–H and O–H groups in total. The fraction of sp³-hybridized carbons (Fsp3) is 0.462. The SMILES string of the molecule is CC(C)C(Sc1nnnn1C)C(N)c1ccccc1. The van der Waals surface area contributed by atoms with Crippen molar-refractivity contribution in [2.24, 2.45) is 18.7 Å². The zero-order chi connectivity index (χ0) is 13.8. The van der Waals surface area contributed by atoms with E-state index < -0.39 is 0 Å². The van der Waals surface area contributed by atoms with Gasteiger partial charge in [-0.25, -0.2) is 4.68 Å². The van der Waals surface area contributed by atoms with E-state index in [0.29, 0.717) is 5.92 Å². The standard InChI is InChI=1S/C13H19N5S/c1-9(2)12(19-13-15-16-17-18(13)3)11(14)10-7-5-4-6-8-10/h4-9,11-12H,14H2,1-3H3. The van der Waals surface area contributed by atoms with Crippen LogP contribution in [0.15, 0.2) is 35.5 Å². The smallest absolute Gasteiger partial charge is 0.209 e. The first-order valence-electron chi connectivity index (χ1n) is 6.29. The summed E-state index contributed by atoms with van der Waals surface area (Å²) in [6, 6.07) is 10.1. The molecule has 2 unspecified atom stereocenters. The van der Waals surface area contributed by atoms with Crippen molar-refractivity contribution in [1.82, 2.24) is 20.2 Å². The van der Waals surface area contributed by atoms with Gasteiger partial charge in [-0.15, -0.1) is 5.10 Å². The molecule has 5 nitrogen and oxygen atoms in total. The van der Waals surface area contributed by atoms with Crippen LogP contribution < -0.4 is 5.73 Å². The Kier molecular flexibility index (Phi) is 4.55. The summed E-state index contributed by atoms with van der Waals surface area (Å²) < 4.78 is 1.68. The second kappa shape index (κ2) is 6.16.